The Morgan fingerprint density at radius 3 is 2.75 bits per heavy atom. The minimum Gasteiger partial charge on any atom is -0.458 e. The molecular formula is C16H24O4. The number of aliphatic hydroxyl groups excluding tert-OH is 2. The van der Waals surface area contributed by atoms with Crippen molar-refractivity contribution in [1.29, 1.82) is 0 Å². The molecule has 0 spiro atoms. The Labute approximate surface area is 120 Å². The van der Waals surface area contributed by atoms with Crippen molar-refractivity contribution in [1.82, 2.24) is 0 Å². The van der Waals surface area contributed by atoms with Crippen LogP contribution in [0.2, 0.25) is 0 Å². The third kappa shape index (κ3) is 5.72. The number of carbonyl (C=O) groups is 1. The molecule has 0 unspecified atom stereocenters. The lowest BCUT2D eigenvalue weighted by Crippen LogP contribution is -2.28. The van der Waals surface area contributed by atoms with Crippen molar-refractivity contribution >= 4 is 5.97 Å². The van der Waals surface area contributed by atoms with Gasteiger partial charge in [0.2, 0.25) is 0 Å². The van der Waals surface area contributed by atoms with Crippen molar-refractivity contribution in [3.8, 4) is 0 Å². The predicted octanol–water partition coefficient (Wildman–Crippen LogP) is 1.99. The van der Waals surface area contributed by atoms with Crippen molar-refractivity contribution in [2.24, 2.45) is 11.8 Å². The molecule has 0 amide bonds. The number of aliphatic hydroxyl groups is 2. The lowest BCUT2D eigenvalue weighted by molar-refractivity contribution is -0.136. The molecule has 0 aromatic rings. The van der Waals surface area contributed by atoms with Gasteiger partial charge in [-0.05, 0) is 25.3 Å². The van der Waals surface area contributed by atoms with E-state index in [2.05, 4.69) is 0 Å². The van der Waals surface area contributed by atoms with Gasteiger partial charge in [0.1, 0.15) is 6.61 Å². The minimum absolute atomic E-state index is 0.0836. The van der Waals surface area contributed by atoms with E-state index in [-0.39, 0.29) is 31.0 Å². The van der Waals surface area contributed by atoms with Crippen LogP contribution in [-0.2, 0) is 9.53 Å². The number of allylic oxidation sites excluding steroid dienone is 2. The summed E-state index contributed by atoms with van der Waals surface area (Å²) >= 11 is 0. The molecule has 0 saturated heterocycles. The second kappa shape index (κ2) is 8.72. The van der Waals surface area contributed by atoms with Gasteiger partial charge in [0.05, 0.1) is 12.7 Å². The first-order valence-corrected chi connectivity index (χ1v) is 7.00. The summed E-state index contributed by atoms with van der Waals surface area (Å²) in [5.74, 6) is -0.738. The second-order valence-electron chi connectivity index (χ2n) is 5.22. The quantitative estimate of drug-likeness (QED) is 0.569. The first-order chi connectivity index (χ1) is 9.54. The first-order valence-electron chi connectivity index (χ1n) is 7.00. The van der Waals surface area contributed by atoms with Crippen LogP contribution in [0.25, 0.3) is 0 Å². The third-order valence-electron chi connectivity index (χ3n) is 3.31. The van der Waals surface area contributed by atoms with Crippen LogP contribution >= 0.6 is 0 Å². The molecule has 1 aliphatic rings. The molecule has 0 aliphatic carbocycles. The molecule has 112 valence electrons. The maximum Gasteiger partial charge on any atom is 0.330 e. The number of esters is 1. The van der Waals surface area contributed by atoms with Crippen molar-refractivity contribution in [3.05, 3.63) is 36.0 Å². The van der Waals surface area contributed by atoms with Crippen LogP contribution in [0, 0.1) is 11.8 Å². The van der Waals surface area contributed by atoms with Gasteiger partial charge in [0, 0.05) is 17.9 Å². The summed E-state index contributed by atoms with van der Waals surface area (Å²) in [5, 5.41) is 19.6. The second-order valence-corrected chi connectivity index (χ2v) is 5.22. The Morgan fingerprint density at radius 2 is 2.05 bits per heavy atom. The Morgan fingerprint density at radius 1 is 1.35 bits per heavy atom. The lowest BCUT2D eigenvalue weighted by Gasteiger charge is -2.22. The van der Waals surface area contributed by atoms with E-state index >= 15 is 0 Å². The highest BCUT2D eigenvalue weighted by atomic mass is 16.5. The van der Waals surface area contributed by atoms with E-state index in [0.717, 1.165) is 18.4 Å². The monoisotopic (exact) mass is 280 g/mol. The number of hydrogen-bond acceptors (Lipinski definition) is 4. The number of hydrogen-bond donors (Lipinski definition) is 2. The van der Waals surface area contributed by atoms with Crippen molar-refractivity contribution < 1.29 is 19.7 Å². The van der Waals surface area contributed by atoms with Crippen LogP contribution in [0.4, 0.5) is 0 Å². The van der Waals surface area contributed by atoms with Crippen LogP contribution < -0.4 is 0 Å². The van der Waals surface area contributed by atoms with Gasteiger partial charge >= 0.3 is 5.97 Å². The molecular weight excluding hydrogens is 256 g/mol. The van der Waals surface area contributed by atoms with Crippen LogP contribution in [0.5, 0.6) is 0 Å². The Hall–Kier alpha value is -1.39. The van der Waals surface area contributed by atoms with Gasteiger partial charge in [-0.3, -0.25) is 0 Å². The third-order valence-corrected chi connectivity index (χ3v) is 3.31. The predicted molar refractivity (Wildman–Crippen MR) is 78.0 cm³/mol. The average Bonchev–Trinajstić information content (AvgIpc) is 2.43. The smallest absolute Gasteiger partial charge is 0.330 e. The van der Waals surface area contributed by atoms with Crippen molar-refractivity contribution in [2.75, 3.05) is 13.2 Å². The molecule has 0 fully saturated rings. The highest BCUT2D eigenvalue weighted by Crippen LogP contribution is 2.18. The summed E-state index contributed by atoms with van der Waals surface area (Å²) < 4.78 is 5.09. The molecule has 0 aromatic heterocycles. The SMILES string of the molecule is C/C1=C/[C@@H](C)[C@H](O)[C@@H](CO)/C=C/CC/C=C/C(=O)OC1. The van der Waals surface area contributed by atoms with E-state index in [1.54, 1.807) is 6.08 Å². The molecule has 0 bridgehead atoms. The zero-order chi connectivity index (χ0) is 15.0. The van der Waals surface area contributed by atoms with Crippen LogP contribution in [0.3, 0.4) is 0 Å². The molecule has 0 saturated carbocycles. The van der Waals surface area contributed by atoms with Gasteiger partial charge in [0.25, 0.3) is 0 Å². The van der Waals surface area contributed by atoms with Crippen LogP contribution in [-0.4, -0.2) is 35.5 Å². The fraction of sp³-hybridized carbons (Fsp3) is 0.562. The fourth-order valence-electron chi connectivity index (χ4n) is 2.14. The van der Waals surface area contributed by atoms with Gasteiger partial charge in [0.15, 0.2) is 0 Å². The van der Waals surface area contributed by atoms with Crippen molar-refractivity contribution in [2.45, 2.75) is 32.8 Å². The Bertz CT molecular complexity index is 395. The summed E-state index contributed by atoms with van der Waals surface area (Å²) in [6.45, 7) is 3.88. The average molecular weight is 280 g/mol. The van der Waals surface area contributed by atoms with Crippen molar-refractivity contribution in [3.63, 3.8) is 0 Å². The number of cyclic esters (lactones) is 1. The number of ether oxygens (including phenoxy) is 1. The maximum absolute atomic E-state index is 11.4. The first kappa shape index (κ1) is 16.7. The van der Waals surface area contributed by atoms with Gasteiger partial charge < -0.3 is 14.9 Å². The van der Waals surface area contributed by atoms with Gasteiger partial charge in [-0.1, -0.05) is 31.2 Å². The Balaban J connectivity index is 2.86. The largest absolute Gasteiger partial charge is 0.458 e. The van der Waals surface area contributed by atoms with Crippen LogP contribution in [0.15, 0.2) is 36.0 Å². The summed E-state index contributed by atoms with van der Waals surface area (Å²) in [6.07, 6.45) is 9.70. The maximum atomic E-state index is 11.4. The highest BCUT2D eigenvalue weighted by molar-refractivity contribution is 5.81. The zero-order valence-electron chi connectivity index (χ0n) is 12.2. The summed E-state index contributed by atoms with van der Waals surface area (Å²) in [4.78, 5) is 11.4. The normalized spacial score (nSPS) is 35.3. The highest BCUT2D eigenvalue weighted by Gasteiger charge is 2.21. The molecule has 1 rings (SSSR count). The van der Waals surface area contributed by atoms with E-state index in [4.69, 9.17) is 4.74 Å². The van der Waals surface area contributed by atoms with E-state index < -0.39 is 6.10 Å². The lowest BCUT2D eigenvalue weighted by atomic mass is 9.90. The number of rotatable bonds is 1. The topological polar surface area (TPSA) is 66.8 Å². The summed E-state index contributed by atoms with van der Waals surface area (Å²) in [6, 6.07) is 0. The van der Waals surface area contributed by atoms with E-state index in [1.165, 1.54) is 6.08 Å². The molecule has 4 nitrogen and oxygen atoms in total. The molecule has 1 heterocycles. The van der Waals surface area contributed by atoms with Gasteiger partial charge in [-0.15, -0.1) is 0 Å². The van der Waals surface area contributed by atoms with E-state index in [9.17, 15) is 15.0 Å². The summed E-state index contributed by atoms with van der Waals surface area (Å²) in [7, 11) is 0. The zero-order valence-corrected chi connectivity index (χ0v) is 12.2. The molecule has 0 aromatic carbocycles. The summed E-state index contributed by atoms with van der Waals surface area (Å²) in [5.41, 5.74) is 0.885. The van der Waals surface area contributed by atoms with E-state index in [0.29, 0.717) is 0 Å². The molecule has 1 aliphatic heterocycles. The fourth-order valence-corrected chi connectivity index (χ4v) is 2.14. The molecule has 2 N–H and O–H groups in total. The molecule has 3 atom stereocenters. The molecule has 4 heteroatoms. The minimum atomic E-state index is -0.652. The molecule has 0 radical (unpaired) electrons. The Kier molecular flexibility index (Phi) is 7.26. The standard InChI is InChI=1S/C16H24O4/c1-12-9-13(2)16(19)14(10-17)7-5-3-4-6-8-15(18)20-11-12/h5-9,13-14,16-17,19H,3-4,10-11H2,1-2H3/b7-5+,8-6+,12-9-/t13-,14-,16+/m1/s1. The van der Waals surface area contributed by atoms with E-state index in [1.807, 2.05) is 32.1 Å². The van der Waals surface area contributed by atoms with Crippen LogP contribution in [0.1, 0.15) is 26.7 Å². The number of carbonyl (C=O) groups excluding carboxylic acids is 1. The van der Waals surface area contributed by atoms with Gasteiger partial charge in [-0.25, -0.2) is 4.79 Å². The van der Waals surface area contributed by atoms with Gasteiger partial charge in [-0.2, -0.15) is 0 Å². The molecule has 20 heavy (non-hydrogen) atoms.